The van der Waals surface area contributed by atoms with E-state index in [0.717, 1.165) is 23.3 Å². The Morgan fingerprint density at radius 1 is 1.28 bits per heavy atom. The molecule has 18 heavy (non-hydrogen) atoms. The number of hydrogen-bond acceptors (Lipinski definition) is 2. The van der Waals surface area contributed by atoms with Crippen LogP contribution in [0.5, 0.6) is 0 Å². The van der Waals surface area contributed by atoms with Crippen LogP contribution >= 0.6 is 0 Å². The summed E-state index contributed by atoms with van der Waals surface area (Å²) in [6.07, 6.45) is 3.16. The topological polar surface area (TPSA) is 25.2 Å². The lowest BCUT2D eigenvalue weighted by atomic mass is 9.98. The van der Waals surface area contributed by atoms with Gasteiger partial charge in [-0.15, -0.1) is 0 Å². The fourth-order valence-electron chi connectivity index (χ4n) is 2.20. The van der Waals surface area contributed by atoms with Crippen LogP contribution in [0.25, 0.3) is 0 Å². The van der Waals surface area contributed by atoms with Crippen molar-refractivity contribution in [1.29, 1.82) is 0 Å². The lowest BCUT2D eigenvalue weighted by Gasteiger charge is -2.16. The first kappa shape index (κ1) is 12.8. The molecule has 0 aliphatic carbocycles. The third-order valence-corrected chi connectivity index (χ3v) is 3.21. The van der Waals surface area contributed by atoms with Gasteiger partial charge in [0.25, 0.3) is 0 Å². The molecule has 0 saturated heterocycles. The highest BCUT2D eigenvalue weighted by Gasteiger charge is 2.17. The average Bonchev–Trinajstić information content (AvgIpc) is 2.86. The highest BCUT2D eigenvalue weighted by atomic mass is 19.1. The third-order valence-electron chi connectivity index (χ3n) is 3.21. The fourth-order valence-corrected chi connectivity index (χ4v) is 2.20. The maximum atomic E-state index is 13.7. The number of likely N-dealkylation sites (N-methyl/N-ethyl adjacent to an activating group) is 1. The second-order valence-electron chi connectivity index (χ2n) is 4.29. The van der Waals surface area contributed by atoms with E-state index in [4.69, 9.17) is 4.42 Å². The summed E-state index contributed by atoms with van der Waals surface area (Å²) >= 11 is 0. The van der Waals surface area contributed by atoms with Crippen molar-refractivity contribution in [2.75, 3.05) is 7.05 Å². The molecule has 0 amide bonds. The number of nitrogens with one attached hydrogen (secondary N) is 1. The maximum absolute atomic E-state index is 13.7. The van der Waals surface area contributed by atoms with Gasteiger partial charge in [-0.1, -0.05) is 25.1 Å². The molecular weight excluding hydrogens is 229 g/mol. The number of rotatable bonds is 5. The largest absolute Gasteiger partial charge is 0.469 e. The lowest BCUT2D eigenvalue weighted by Crippen LogP contribution is -2.20. The Kier molecular flexibility index (Phi) is 4.15. The van der Waals surface area contributed by atoms with Crippen molar-refractivity contribution < 1.29 is 8.81 Å². The molecule has 2 aromatic rings. The lowest BCUT2D eigenvalue weighted by molar-refractivity contribution is 0.492. The van der Waals surface area contributed by atoms with Gasteiger partial charge >= 0.3 is 0 Å². The number of halogens is 1. The van der Waals surface area contributed by atoms with Crippen LogP contribution in [0.15, 0.2) is 41.0 Å². The molecule has 0 bridgehead atoms. The molecular formula is C15H18FNO. The Bertz CT molecular complexity index is 507. The molecule has 2 rings (SSSR count). The zero-order valence-corrected chi connectivity index (χ0v) is 10.7. The standard InChI is InChI=1S/C15H18FNO/c1-3-15-12(8-9-18-15)14(17-2)10-11-6-4-5-7-13(11)16/h4-9,14,17H,3,10H2,1-2H3. The van der Waals surface area contributed by atoms with Crippen LogP contribution in [-0.4, -0.2) is 7.05 Å². The highest BCUT2D eigenvalue weighted by molar-refractivity contribution is 5.26. The molecule has 0 fully saturated rings. The van der Waals surface area contributed by atoms with Gasteiger partial charge < -0.3 is 9.73 Å². The van der Waals surface area contributed by atoms with Crippen molar-refractivity contribution in [3.05, 3.63) is 59.3 Å². The van der Waals surface area contributed by atoms with Crippen LogP contribution < -0.4 is 5.32 Å². The molecule has 1 heterocycles. The van der Waals surface area contributed by atoms with E-state index in [1.54, 1.807) is 12.3 Å². The van der Waals surface area contributed by atoms with Crippen LogP contribution in [-0.2, 0) is 12.8 Å². The zero-order valence-electron chi connectivity index (χ0n) is 10.7. The van der Waals surface area contributed by atoms with E-state index in [9.17, 15) is 4.39 Å². The second kappa shape index (κ2) is 5.83. The van der Waals surface area contributed by atoms with Crippen molar-refractivity contribution >= 4 is 0 Å². The molecule has 1 aromatic heterocycles. The first-order valence-electron chi connectivity index (χ1n) is 6.23. The van der Waals surface area contributed by atoms with E-state index in [2.05, 4.69) is 12.2 Å². The Labute approximate surface area is 107 Å². The van der Waals surface area contributed by atoms with E-state index in [-0.39, 0.29) is 11.9 Å². The molecule has 1 N–H and O–H groups in total. The van der Waals surface area contributed by atoms with Gasteiger partial charge in [0.2, 0.25) is 0 Å². The Hall–Kier alpha value is -1.61. The Balaban J connectivity index is 2.23. The van der Waals surface area contributed by atoms with E-state index >= 15 is 0 Å². The molecule has 0 aliphatic rings. The van der Waals surface area contributed by atoms with Crippen molar-refractivity contribution in [2.45, 2.75) is 25.8 Å². The van der Waals surface area contributed by atoms with E-state index < -0.39 is 0 Å². The summed E-state index contributed by atoms with van der Waals surface area (Å²) in [6.45, 7) is 2.05. The van der Waals surface area contributed by atoms with Gasteiger partial charge in [0.05, 0.1) is 6.26 Å². The Morgan fingerprint density at radius 2 is 2.06 bits per heavy atom. The first-order valence-corrected chi connectivity index (χ1v) is 6.23. The van der Waals surface area contributed by atoms with Gasteiger partial charge in [-0.25, -0.2) is 4.39 Å². The van der Waals surface area contributed by atoms with Gasteiger partial charge in [-0.3, -0.25) is 0 Å². The van der Waals surface area contributed by atoms with E-state index in [0.29, 0.717) is 6.42 Å². The quantitative estimate of drug-likeness (QED) is 0.875. The van der Waals surface area contributed by atoms with Crippen molar-refractivity contribution in [3.8, 4) is 0 Å². The summed E-state index contributed by atoms with van der Waals surface area (Å²) < 4.78 is 19.1. The monoisotopic (exact) mass is 247 g/mol. The molecule has 0 spiro atoms. The number of aryl methyl sites for hydroxylation is 1. The Morgan fingerprint density at radius 3 is 2.72 bits per heavy atom. The number of hydrogen-bond donors (Lipinski definition) is 1. The van der Waals surface area contributed by atoms with Crippen molar-refractivity contribution in [1.82, 2.24) is 5.32 Å². The summed E-state index contributed by atoms with van der Waals surface area (Å²) in [4.78, 5) is 0. The zero-order chi connectivity index (χ0) is 13.0. The molecule has 96 valence electrons. The van der Waals surface area contributed by atoms with E-state index in [1.807, 2.05) is 25.2 Å². The predicted octanol–water partition coefficient (Wildman–Crippen LogP) is 3.48. The normalized spacial score (nSPS) is 12.6. The van der Waals surface area contributed by atoms with Crippen LogP contribution in [0.1, 0.15) is 29.9 Å². The van der Waals surface area contributed by atoms with Gasteiger partial charge in [0.1, 0.15) is 11.6 Å². The molecule has 0 saturated carbocycles. The van der Waals surface area contributed by atoms with Crippen molar-refractivity contribution in [2.24, 2.45) is 0 Å². The van der Waals surface area contributed by atoms with Crippen molar-refractivity contribution in [3.63, 3.8) is 0 Å². The minimum Gasteiger partial charge on any atom is -0.469 e. The smallest absolute Gasteiger partial charge is 0.126 e. The van der Waals surface area contributed by atoms with Gasteiger partial charge in [-0.2, -0.15) is 0 Å². The summed E-state index contributed by atoms with van der Waals surface area (Å²) in [7, 11) is 1.89. The molecule has 0 radical (unpaired) electrons. The second-order valence-corrected chi connectivity index (χ2v) is 4.29. The molecule has 0 aliphatic heterocycles. The number of furan rings is 1. The predicted molar refractivity (Wildman–Crippen MR) is 70.0 cm³/mol. The average molecular weight is 247 g/mol. The minimum absolute atomic E-state index is 0.0793. The SMILES string of the molecule is CCc1occc1C(Cc1ccccc1F)NC. The summed E-state index contributed by atoms with van der Waals surface area (Å²) in [5.41, 5.74) is 1.84. The van der Waals surface area contributed by atoms with Gasteiger partial charge in [-0.05, 0) is 31.2 Å². The molecule has 1 atom stereocenters. The van der Waals surface area contributed by atoms with Gasteiger partial charge in [0, 0.05) is 18.0 Å². The van der Waals surface area contributed by atoms with Crippen LogP contribution in [0, 0.1) is 5.82 Å². The molecule has 2 nitrogen and oxygen atoms in total. The van der Waals surface area contributed by atoms with Gasteiger partial charge in [0.15, 0.2) is 0 Å². The van der Waals surface area contributed by atoms with E-state index in [1.165, 1.54) is 6.07 Å². The maximum Gasteiger partial charge on any atom is 0.126 e. The van der Waals surface area contributed by atoms with Crippen LogP contribution in [0.3, 0.4) is 0 Å². The minimum atomic E-state index is -0.153. The molecule has 1 unspecified atom stereocenters. The highest BCUT2D eigenvalue weighted by Crippen LogP contribution is 2.24. The molecule has 3 heteroatoms. The molecule has 1 aromatic carbocycles. The van der Waals surface area contributed by atoms with Crippen LogP contribution in [0.4, 0.5) is 4.39 Å². The summed E-state index contributed by atoms with van der Waals surface area (Å²) in [5.74, 6) is 0.810. The summed E-state index contributed by atoms with van der Waals surface area (Å²) in [6, 6.07) is 8.93. The number of benzene rings is 1. The summed E-state index contributed by atoms with van der Waals surface area (Å²) in [5, 5.41) is 3.23. The fraction of sp³-hybridized carbons (Fsp3) is 0.333. The first-order chi connectivity index (χ1) is 8.76. The van der Waals surface area contributed by atoms with Crippen LogP contribution in [0.2, 0.25) is 0 Å². The third kappa shape index (κ3) is 2.62.